The topological polar surface area (TPSA) is 164 Å². The van der Waals surface area contributed by atoms with Gasteiger partial charge in [0.1, 0.15) is 24.5 Å². The minimum absolute atomic E-state index is 0.00827. The van der Waals surface area contributed by atoms with Crippen molar-refractivity contribution in [1.82, 2.24) is 10.2 Å². The monoisotopic (exact) mass is 512 g/mol. The molecular weight excluding hydrogens is 483 g/mol. The number of amides is 3. The van der Waals surface area contributed by atoms with Crippen molar-refractivity contribution >= 4 is 19.8 Å². The summed E-state index contributed by atoms with van der Waals surface area (Å²) in [7, 11) is -4.62. The van der Waals surface area contributed by atoms with Gasteiger partial charge in [-0.2, -0.15) is 0 Å². The molecule has 6 rings (SSSR count). The highest BCUT2D eigenvalue weighted by Gasteiger charge is 2.74. The maximum absolute atomic E-state index is 13.2. The van der Waals surface area contributed by atoms with E-state index in [0.29, 0.717) is 0 Å². The van der Waals surface area contributed by atoms with Gasteiger partial charge in [0.05, 0.1) is 36.9 Å². The van der Waals surface area contributed by atoms with E-state index in [4.69, 9.17) is 18.5 Å². The molecule has 6 bridgehead atoms. The molecular formula is C22H29N2O10P. The molecule has 6 aliphatic rings. The fourth-order valence-corrected chi connectivity index (χ4v) is 8.06. The predicted molar refractivity (Wildman–Crippen MR) is 116 cm³/mol. The van der Waals surface area contributed by atoms with Crippen LogP contribution in [0.2, 0.25) is 0 Å². The van der Waals surface area contributed by atoms with Crippen molar-refractivity contribution in [2.24, 2.45) is 16.7 Å². The molecule has 3 saturated heterocycles. The number of carbonyl (C=O) groups excluding carboxylic acids is 2. The third-order valence-electron chi connectivity index (χ3n) is 8.59. The fourth-order valence-electron chi connectivity index (χ4n) is 7.10. The van der Waals surface area contributed by atoms with Gasteiger partial charge in [-0.3, -0.25) is 24.1 Å². The molecule has 4 fully saturated rings. The smallest absolute Gasteiger partial charge is 0.394 e. The first-order chi connectivity index (χ1) is 16.5. The van der Waals surface area contributed by atoms with E-state index in [1.165, 1.54) is 4.90 Å². The van der Waals surface area contributed by atoms with Crippen molar-refractivity contribution in [1.29, 1.82) is 0 Å². The molecule has 0 spiro atoms. The van der Waals surface area contributed by atoms with Gasteiger partial charge in [-0.05, 0) is 12.5 Å². The van der Waals surface area contributed by atoms with Crippen LogP contribution in [-0.2, 0) is 27.9 Å². The summed E-state index contributed by atoms with van der Waals surface area (Å²) < 4.78 is 35.1. The molecule has 12 nitrogen and oxygen atoms in total. The van der Waals surface area contributed by atoms with Gasteiger partial charge in [-0.1, -0.05) is 25.2 Å². The van der Waals surface area contributed by atoms with E-state index in [2.05, 4.69) is 5.32 Å². The third kappa shape index (κ3) is 3.28. The Bertz CT molecular complexity index is 1080. The Labute approximate surface area is 201 Å². The molecule has 0 radical (unpaired) electrons. The fraction of sp³-hybridized carbons (Fsp3) is 0.727. The minimum Gasteiger partial charge on any atom is -0.394 e. The normalized spacial score (nSPS) is 52.8. The van der Waals surface area contributed by atoms with Crippen LogP contribution in [0, 0.1) is 16.7 Å². The number of nitrogens with zero attached hydrogens (tertiary/aromatic N) is 1. The van der Waals surface area contributed by atoms with E-state index in [-0.39, 0.29) is 31.3 Å². The molecule has 4 heterocycles. The Hall–Kier alpha value is -1.63. The number of urea groups is 1. The molecule has 4 N–H and O–H groups in total. The van der Waals surface area contributed by atoms with Crippen LogP contribution in [0.3, 0.4) is 0 Å². The minimum atomic E-state index is -4.62. The van der Waals surface area contributed by atoms with E-state index >= 15 is 0 Å². The zero-order valence-corrected chi connectivity index (χ0v) is 20.2. The van der Waals surface area contributed by atoms with Gasteiger partial charge in [-0.15, -0.1) is 0 Å². The third-order valence-corrected chi connectivity index (χ3v) is 9.60. The van der Waals surface area contributed by atoms with Crippen molar-refractivity contribution in [2.45, 2.75) is 69.5 Å². The van der Waals surface area contributed by atoms with Crippen LogP contribution < -0.4 is 5.32 Å². The molecule has 0 aromatic heterocycles. The molecule has 0 aromatic rings. The number of phosphoric acid groups is 1. The summed E-state index contributed by atoms with van der Waals surface area (Å²) in [6, 6.07) is -1.22. The van der Waals surface area contributed by atoms with E-state index in [0.717, 1.165) is 5.57 Å². The Balaban J connectivity index is 1.45. The Morgan fingerprint density at radius 2 is 2.00 bits per heavy atom. The number of fused-ring (bicyclic) bond motifs is 7. The summed E-state index contributed by atoms with van der Waals surface area (Å²) in [5, 5.41) is 22.8. The molecule has 11 atom stereocenters. The molecule has 4 aliphatic heterocycles. The molecule has 0 aromatic carbocycles. The van der Waals surface area contributed by atoms with Crippen molar-refractivity contribution in [3.05, 3.63) is 23.8 Å². The second-order valence-electron chi connectivity index (χ2n) is 10.6. The number of rotatable bonds is 1. The van der Waals surface area contributed by atoms with Gasteiger partial charge in [0, 0.05) is 24.2 Å². The zero-order valence-electron chi connectivity index (χ0n) is 19.3. The lowest BCUT2D eigenvalue weighted by molar-refractivity contribution is -0.201. The first-order valence-corrected chi connectivity index (χ1v) is 13.3. The van der Waals surface area contributed by atoms with Gasteiger partial charge < -0.3 is 24.6 Å². The number of aliphatic hydroxyl groups is 2. The number of aliphatic hydroxyl groups excluding tert-OH is 2. The van der Waals surface area contributed by atoms with Gasteiger partial charge in [0.25, 0.3) is 0 Å². The van der Waals surface area contributed by atoms with Gasteiger partial charge in [0.15, 0.2) is 0 Å². The van der Waals surface area contributed by atoms with Gasteiger partial charge in [0.2, 0.25) is 5.91 Å². The number of nitrogens with one attached hydrogen (secondary N) is 1. The summed E-state index contributed by atoms with van der Waals surface area (Å²) in [6.45, 7) is 2.90. The standard InChI is InChI=1S/C22H29N2O10P/c1-21-7-10-3-4-16(21)22(2)18(21)24(20(28)23-19(22)27)17-6-13(14(8-25)33-17)34-35(29,30)31-9-15-11(26)5-12(10)32-15/h3-4,7,11-18,25-26H,5-6,8-9H2,1-2H3,(H,29,30)(H,23,27,28)/t11-,12-,13-,14-,15-,16-,17-,18+,21+,22-/m1/s1. The van der Waals surface area contributed by atoms with Crippen molar-refractivity contribution in [3.63, 3.8) is 0 Å². The summed E-state index contributed by atoms with van der Waals surface area (Å²) in [5.74, 6) is -0.587. The highest BCUT2D eigenvalue weighted by Crippen LogP contribution is 2.66. The van der Waals surface area contributed by atoms with Crippen molar-refractivity contribution in [2.75, 3.05) is 13.2 Å². The average molecular weight is 512 g/mol. The summed E-state index contributed by atoms with van der Waals surface area (Å²) in [6.07, 6.45) is 0.875. The number of ether oxygens (including phenoxy) is 2. The van der Waals surface area contributed by atoms with Crippen molar-refractivity contribution in [3.8, 4) is 0 Å². The second kappa shape index (κ2) is 7.69. The van der Waals surface area contributed by atoms with Crippen LogP contribution in [0.1, 0.15) is 26.7 Å². The Morgan fingerprint density at radius 3 is 2.74 bits per heavy atom. The first kappa shape index (κ1) is 23.7. The number of imide groups is 1. The van der Waals surface area contributed by atoms with Crippen LogP contribution >= 0.6 is 7.82 Å². The van der Waals surface area contributed by atoms with Crippen LogP contribution in [0.5, 0.6) is 0 Å². The molecule has 2 aliphatic carbocycles. The summed E-state index contributed by atoms with van der Waals surface area (Å²) >= 11 is 0. The van der Waals surface area contributed by atoms with E-state index in [9.17, 15) is 29.3 Å². The van der Waals surface area contributed by atoms with E-state index in [1.807, 2.05) is 32.1 Å². The average Bonchev–Trinajstić information content (AvgIpc) is 3.36. The SMILES string of the molecule is C[C@]12C=C3C=C[C@H]1[C@@]1(C)C(=O)NC(=O)N([C@H]4C[C@@H](OP(=O)(O)OC[C@H]5O[C@@H]3C[C@H]5O)[C@@H](CO)O4)[C@@H]21. The van der Waals surface area contributed by atoms with Crippen molar-refractivity contribution < 1.29 is 47.8 Å². The lowest BCUT2D eigenvalue weighted by atomic mass is 9.40. The zero-order chi connectivity index (χ0) is 24.9. The quantitative estimate of drug-likeness (QED) is 0.357. The van der Waals surface area contributed by atoms with Crippen LogP contribution in [0.25, 0.3) is 0 Å². The number of allylic oxidation sites excluding steroid dienone is 1. The Morgan fingerprint density at radius 1 is 1.23 bits per heavy atom. The first-order valence-electron chi connectivity index (χ1n) is 11.8. The number of hydrogen-bond acceptors (Lipinski definition) is 9. The number of carbonyl (C=O) groups is 2. The number of hydrogen-bond donors (Lipinski definition) is 4. The largest absolute Gasteiger partial charge is 0.472 e. The molecule has 13 heteroatoms. The Kier molecular flexibility index (Phi) is 5.22. The number of phosphoric ester groups is 1. The van der Waals surface area contributed by atoms with Gasteiger partial charge >= 0.3 is 13.9 Å². The highest BCUT2D eigenvalue weighted by molar-refractivity contribution is 7.47. The summed E-state index contributed by atoms with van der Waals surface area (Å²) in [5.41, 5.74) is -0.791. The molecule has 3 amide bonds. The lowest BCUT2D eigenvalue weighted by Crippen LogP contribution is -2.81. The molecule has 192 valence electrons. The van der Waals surface area contributed by atoms with Crippen LogP contribution in [0.4, 0.5) is 4.79 Å². The molecule has 35 heavy (non-hydrogen) atoms. The predicted octanol–water partition coefficient (Wildman–Crippen LogP) is 0.187. The van der Waals surface area contributed by atoms with Crippen LogP contribution in [-0.4, -0.2) is 87.9 Å². The van der Waals surface area contributed by atoms with Gasteiger partial charge in [-0.25, -0.2) is 9.36 Å². The lowest BCUT2D eigenvalue weighted by Gasteiger charge is -2.69. The van der Waals surface area contributed by atoms with E-state index in [1.54, 1.807) is 0 Å². The second-order valence-corrected chi connectivity index (χ2v) is 12.0. The molecule has 1 unspecified atom stereocenters. The molecule has 1 saturated carbocycles. The van der Waals surface area contributed by atoms with E-state index < -0.39 is 74.1 Å². The highest BCUT2D eigenvalue weighted by atomic mass is 31.2. The maximum Gasteiger partial charge on any atom is 0.472 e. The maximum atomic E-state index is 13.2. The van der Waals surface area contributed by atoms with Crippen LogP contribution in [0.15, 0.2) is 23.8 Å². The summed E-state index contributed by atoms with van der Waals surface area (Å²) in [4.78, 5) is 38.0.